The molecule has 1 fully saturated rings. The van der Waals surface area contributed by atoms with Crippen molar-refractivity contribution in [2.45, 2.75) is 25.2 Å². The van der Waals surface area contributed by atoms with Crippen molar-refractivity contribution in [2.24, 2.45) is 5.92 Å². The van der Waals surface area contributed by atoms with Crippen LogP contribution in [0.15, 0.2) is 18.2 Å². The lowest BCUT2D eigenvalue weighted by Crippen LogP contribution is -2.14. The number of alkyl halides is 2. The molecule has 0 heterocycles. The fourth-order valence-corrected chi connectivity index (χ4v) is 2.27. The summed E-state index contributed by atoms with van der Waals surface area (Å²) in [7, 11) is 1.47. The SMILES string of the molecule is COc1cc(C=O)ccc1OCC1CCC(F)(F)C1. The van der Waals surface area contributed by atoms with Crippen LogP contribution in [0.25, 0.3) is 0 Å². The fourth-order valence-electron chi connectivity index (χ4n) is 2.27. The van der Waals surface area contributed by atoms with E-state index in [0.29, 0.717) is 29.8 Å². The van der Waals surface area contributed by atoms with Gasteiger partial charge in [0.2, 0.25) is 5.92 Å². The largest absolute Gasteiger partial charge is 0.493 e. The Morgan fingerprint density at radius 1 is 1.42 bits per heavy atom. The lowest BCUT2D eigenvalue weighted by atomic mass is 10.1. The van der Waals surface area contributed by atoms with Crippen LogP contribution in [0.5, 0.6) is 11.5 Å². The van der Waals surface area contributed by atoms with Gasteiger partial charge in [-0.05, 0) is 30.5 Å². The van der Waals surface area contributed by atoms with Crippen molar-refractivity contribution in [1.29, 1.82) is 0 Å². The van der Waals surface area contributed by atoms with E-state index in [-0.39, 0.29) is 25.4 Å². The minimum Gasteiger partial charge on any atom is -0.493 e. The number of rotatable bonds is 5. The minimum absolute atomic E-state index is 0.0672. The number of halogens is 2. The molecule has 1 atom stereocenters. The summed E-state index contributed by atoms with van der Waals surface area (Å²) in [4.78, 5) is 10.6. The molecule has 1 aliphatic rings. The summed E-state index contributed by atoms with van der Waals surface area (Å²) in [6.07, 6.45) is 0.996. The Labute approximate surface area is 110 Å². The normalized spacial score (nSPS) is 21.1. The molecule has 0 radical (unpaired) electrons. The number of hydrogen-bond acceptors (Lipinski definition) is 3. The van der Waals surface area contributed by atoms with Gasteiger partial charge >= 0.3 is 0 Å². The van der Waals surface area contributed by atoms with Gasteiger partial charge < -0.3 is 9.47 Å². The summed E-state index contributed by atoms with van der Waals surface area (Å²) in [6.45, 7) is 0.242. The van der Waals surface area contributed by atoms with Crippen molar-refractivity contribution in [1.82, 2.24) is 0 Å². The van der Waals surface area contributed by atoms with E-state index in [9.17, 15) is 13.6 Å². The molecular formula is C14H16F2O3. The second kappa shape index (κ2) is 5.55. The summed E-state index contributed by atoms with van der Waals surface area (Å²) in [5.74, 6) is -1.78. The van der Waals surface area contributed by atoms with Gasteiger partial charge in [-0.1, -0.05) is 0 Å². The maximum absolute atomic E-state index is 13.0. The molecule has 1 saturated carbocycles. The zero-order valence-electron chi connectivity index (χ0n) is 10.7. The van der Waals surface area contributed by atoms with Crippen LogP contribution >= 0.6 is 0 Å². The summed E-state index contributed by atoms with van der Waals surface area (Å²) in [6, 6.07) is 4.79. The Morgan fingerprint density at radius 2 is 2.21 bits per heavy atom. The van der Waals surface area contributed by atoms with E-state index in [0.717, 1.165) is 0 Å². The van der Waals surface area contributed by atoms with Crippen molar-refractivity contribution in [2.75, 3.05) is 13.7 Å². The number of hydrogen-bond donors (Lipinski definition) is 0. The standard InChI is InChI=1S/C14H16F2O3/c1-18-13-6-10(8-17)2-3-12(13)19-9-11-4-5-14(15,16)7-11/h2-3,6,8,11H,4-5,7,9H2,1H3. The Kier molecular flexibility index (Phi) is 4.02. The van der Waals surface area contributed by atoms with Crippen LogP contribution in [0, 0.1) is 5.92 Å². The Balaban J connectivity index is 1.98. The molecule has 0 saturated heterocycles. The molecule has 1 aromatic rings. The van der Waals surface area contributed by atoms with Crippen LogP contribution in [0.1, 0.15) is 29.6 Å². The van der Waals surface area contributed by atoms with Gasteiger partial charge in [-0.25, -0.2) is 8.78 Å². The molecule has 5 heteroatoms. The van der Waals surface area contributed by atoms with Gasteiger partial charge in [0.15, 0.2) is 11.5 Å². The van der Waals surface area contributed by atoms with Gasteiger partial charge in [-0.3, -0.25) is 4.79 Å². The first-order chi connectivity index (χ1) is 9.04. The zero-order valence-corrected chi connectivity index (χ0v) is 10.7. The molecule has 0 N–H and O–H groups in total. The monoisotopic (exact) mass is 270 g/mol. The molecule has 0 aromatic heterocycles. The fraction of sp³-hybridized carbons (Fsp3) is 0.500. The lowest BCUT2D eigenvalue weighted by Gasteiger charge is -2.14. The molecule has 2 rings (SSSR count). The van der Waals surface area contributed by atoms with Crippen LogP contribution in [0.4, 0.5) is 8.78 Å². The van der Waals surface area contributed by atoms with Gasteiger partial charge in [0.05, 0.1) is 13.7 Å². The molecule has 0 bridgehead atoms. The Morgan fingerprint density at radius 3 is 2.79 bits per heavy atom. The van der Waals surface area contributed by atoms with E-state index in [1.54, 1.807) is 18.2 Å². The van der Waals surface area contributed by atoms with Gasteiger partial charge in [0, 0.05) is 18.4 Å². The predicted octanol–water partition coefficient (Wildman–Crippen LogP) is 3.32. The third kappa shape index (κ3) is 3.43. The van der Waals surface area contributed by atoms with E-state index in [1.165, 1.54) is 7.11 Å². The topological polar surface area (TPSA) is 35.5 Å². The van der Waals surface area contributed by atoms with Crippen LogP contribution in [0.2, 0.25) is 0 Å². The number of carbonyl (C=O) groups excluding carboxylic acids is 1. The van der Waals surface area contributed by atoms with Gasteiger partial charge in [-0.15, -0.1) is 0 Å². The zero-order chi connectivity index (χ0) is 13.9. The van der Waals surface area contributed by atoms with E-state index < -0.39 is 5.92 Å². The Bertz CT molecular complexity index is 460. The van der Waals surface area contributed by atoms with Gasteiger partial charge in [-0.2, -0.15) is 0 Å². The molecule has 104 valence electrons. The maximum atomic E-state index is 13.0. The molecule has 19 heavy (non-hydrogen) atoms. The van der Waals surface area contributed by atoms with Crippen molar-refractivity contribution in [3.05, 3.63) is 23.8 Å². The average Bonchev–Trinajstić information content (AvgIpc) is 2.75. The van der Waals surface area contributed by atoms with E-state index >= 15 is 0 Å². The van der Waals surface area contributed by atoms with Crippen LogP contribution in [0.3, 0.4) is 0 Å². The second-order valence-electron chi connectivity index (χ2n) is 4.80. The number of benzene rings is 1. The third-order valence-corrected chi connectivity index (χ3v) is 3.30. The van der Waals surface area contributed by atoms with Crippen LogP contribution in [-0.4, -0.2) is 25.9 Å². The first kappa shape index (κ1) is 13.8. The van der Waals surface area contributed by atoms with Gasteiger partial charge in [0.25, 0.3) is 0 Å². The molecule has 1 aromatic carbocycles. The summed E-state index contributed by atoms with van der Waals surface area (Å²) in [5.41, 5.74) is 0.483. The summed E-state index contributed by atoms with van der Waals surface area (Å²) in [5, 5.41) is 0. The van der Waals surface area contributed by atoms with Crippen LogP contribution in [-0.2, 0) is 0 Å². The van der Waals surface area contributed by atoms with E-state index in [4.69, 9.17) is 9.47 Å². The number of carbonyl (C=O) groups is 1. The molecular weight excluding hydrogens is 254 g/mol. The first-order valence-corrected chi connectivity index (χ1v) is 6.18. The van der Waals surface area contributed by atoms with Crippen molar-refractivity contribution < 1.29 is 23.0 Å². The predicted molar refractivity (Wildman–Crippen MR) is 66.2 cm³/mol. The number of aldehydes is 1. The smallest absolute Gasteiger partial charge is 0.248 e. The maximum Gasteiger partial charge on any atom is 0.248 e. The quantitative estimate of drug-likeness (QED) is 0.770. The molecule has 3 nitrogen and oxygen atoms in total. The average molecular weight is 270 g/mol. The van der Waals surface area contributed by atoms with E-state index in [1.807, 2.05) is 0 Å². The molecule has 0 spiro atoms. The molecule has 1 aliphatic carbocycles. The van der Waals surface area contributed by atoms with E-state index in [2.05, 4.69) is 0 Å². The lowest BCUT2D eigenvalue weighted by molar-refractivity contribution is 0.00288. The highest BCUT2D eigenvalue weighted by molar-refractivity contribution is 5.76. The highest BCUT2D eigenvalue weighted by Gasteiger charge is 2.39. The Hall–Kier alpha value is -1.65. The van der Waals surface area contributed by atoms with Crippen molar-refractivity contribution in [3.63, 3.8) is 0 Å². The number of methoxy groups -OCH3 is 1. The summed E-state index contributed by atoms with van der Waals surface area (Å²) < 4.78 is 36.7. The number of ether oxygens (including phenoxy) is 2. The van der Waals surface area contributed by atoms with Crippen LogP contribution < -0.4 is 9.47 Å². The van der Waals surface area contributed by atoms with Crippen molar-refractivity contribution >= 4 is 6.29 Å². The molecule has 1 unspecified atom stereocenters. The first-order valence-electron chi connectivity index (χ1n) is 6.18. The van der Waals surface area contributed by atoms with Crippen molar-refractivity contribution in [3.8, 4) is 11.5 Å². The highest BCUT2D eigenvalue weighted by Crippen LogP contribution is 2.39. The summed E-state index contributed by atoms with van der Waals surface area (Å²) >= 11 is 0. The highest BCUT2D eigenvalue weighted by atomic mass is 19.3. The second-order valence-corrected chi connectivity index (χ2v) is 4.80. The molecule has 0 amide bonds. The minimum atomic E-state index is -2.56. The molecule has 0 aliphatic heterocycles. The third-order valence-electron chi connectivity index (χ3n) is 3.30. The van der Waals surface area contributed by atoms with Gasteiger partial charge in [0.1, 0.15) is 6.29 Å².